The number of imidazole rings is 1. The lowest BCUT2D eigenvalue weighted by Gasteiger charge is -2.44. The number of nitrogens with one attached hydrogen (secondary N) is 1. The van der Waals surface area contributed by atoms with Crippen molar-refractivity contribution in [1.29, 1.82) is 0 Å². The van der Waals surface area contributed by atoms with Crippen LogP contribution in [0, 0.1) is 18.8 Å². The summed E-state index contributed by atoms with van der Waals surface area (Å²) in [7, 11) is -4.31. The van der Waals surface area contributed by atoms with Crippen molar-refractivity contribution in [2.45, 2.75) is 19.4 Å². The molecule has 12 heteroatoms. The lowest BCUT2D eigenvalue weighted by molar-refractivity contribution is -0.00487. The number of anilines is 1. The van der Waals surface area contributed by atoms with Crippen LogP contribution < -0.4 is 15.8 Å². The second kappa shape index (κ2) is 7.84. The molecule has 1 fully saturated rings. The predicted octanol–water partition coefficient (Wildman–Crippen LogP) is 1.38. The summed E-state index contributed by atoms with van der Waals surface area (Å²) < 4.78 is 24.2. The molecular weight excluding hydrogens is 413 g/mol. The molecule has 1 unspecified atom stereocenters. The Hall–Kier alpha value is -2.72. The first-order valence-electron chi connectivity index (χ1n) is 9.34. The number of rotatable bonds is 7. The van der Waals surface area contributed by atoms with Gasteiger partial charge >= 0.3 is 7.82 Å². The van der Waals surface area contributed by atoms with Gasteiger partial charge in [-0.3, -0.25) is 19.2 Å². The molecule has 0 amide bonds. The summed E-state index contributed by atoms with van der Waals surface area (Å²) in [6.45, 7) is 1.65. The molecule has 4 rings (SSSR count). The fraction of sp³-hybridized carbons (Fsp3) is 0.389. The molecule has 30 heavy (non-hydrogen) atoms. The second-order valence-electron chi connectivity index (χ2n) is 7.35. The molecule has 0 bridgehead atoms. The van der Waals surface area contributed by atoms with Crippen molar-refractivity contribution < 1.29 is 23.6 Å². The van der Waals surface area contributed by atoms with Gasteiger partial charge < -0.3 is 19.9 Å². The second-order valence-corrected chi connectivity index (χ2v) is 8.73. The van der Waals surface area contributed by atoms with Crippen molar-refractivity contribution in [2.24, 2.45) is 11.8 Å². The molecule has 0 radical (unpaired) electrons. The topological polar surface area (TPSA) is 166 Å². The van der Waals surface area contributed by atoms with Gasteiger partial charge in [-0.25, -0.2) is 9.55 Å². The molecule has 0 aliphatic heterocycles. The predicted molar refractivity (Wildman–Crippen MR) is 108 cm³/mol. The van der Waals surface area contributed by atoms with Crippen molar-refractivity contribution in [3.63, 3.8) is 0 Å². The third-order valence-corrected chi connectivity index (χ3v) is 6.27. The summed E-state index contributed by atoms with van der Waals surface area (Å²) in [6.07, 6.45) is 2.02. The van der Waals surface area contributed by atoms with E-state index in [0.29, 0.717) is 12.1 Å². The molecule has 4 atom stereocenters. The van der Waals surface area contributed by atoms with Crippen molar-refractivity contribution in [2.75, 3.05) is 18.9 Å². The summed E-state index contributed by atoms with van der Waals surface area (Å²) in [4.78, 5) is 32.5. The van der Waals surface area contributed by atoms with Gasteiger partial charge in [-0.05, 0) is 31.4 Å². The first kappa shape index (κ1) is 20.5. The molecule has 1 saturated carbocycles. The van der Waals surface area contributed by atoms with Crippen LogP contribution in [-0.4, -0.2) is 42.7 Å². The number of fused-ring (bicyclic) bond motifs is 1. The average molecular weight is 435 g/mol. The minimum Gasteiger partial charge on any atom is -0.404 e. The van der Waals surface area contributed by atoms with Gasteiger partial charge in [0.25, 0.3) is 5.56 Å². The number of aliphatic hydroxyl groups is 1. The van der Waals surface area contributed by atoms with E-state index in [1.807, 2.05) is 6.92 Å². The maximum Gasteiger partial charge on any atom is 0.527 e. The van der Waals surface area contributed by atoms with Crippen LogP contribution in [0.25, 0.3) is 11.2 Å². The molecule has 1 aliphatic rings. The minimum absolute atomic E-state index is 0.0246. The molecule has 11 nitrogen and oxygen atoms in total. The molecule has 1 aliphatic carbocycles. The van der Waals surface area contributed by atoms with Crippen molar-refractivity contribution in [1.82, 2.24) is 19.5 Å². The van der Waals surface area contributed by atoms with Gasteiger partial charge in [-0.2, -0.15) is 4.98 Å². The smallest absolute Gasteiger partial charge is 0.404 e. The number of nitrogen functional groups attached to an aromatic ring is 1. The zero-order valence-electron chi connectivity index (χ0n) is 16.1. The van der Waals surface area contributed by atoms with Gasteiger partial charge in [0.2, 0.25) is 5.95 Å². The van der Waals surface area contributed by atoms with Crippen molar-refractivity contribution >= 4 is 24.9 Å². The van der Waals surface area contributed by atoms with Crippen LogP contribution in [0.4, 0.5) is 5.95 Å². The number of nitrogens with zero attached hydrogens (tertiary/aromatic N) is 3. The normalized spacial score (nSPS) is 23.1. The van der Waals surface area contributed by atoms with Crippen LogP contribution in [-0.2, 0) is 9.09 Å². The highest BCUT2D eigenvalue weighted by atomic mass is 31.2. The van der Waals surface area contributed by atoms with Crippen molar-refractivity contribution in [3.05, 3.63) is 46.5 Å². The van der Waals surface area contributed by atoms with E-state index in [4.69, 9.17) is 14.8 Å². The lowest BCUT2D eigenvalue weighted by Crippen LogP contribution is -2.43. The highest BCUT2D eigenvalue weighted by Gasteiger charge is 2.44. The Morgan fingerprint density at radius 3 is 2.80 bits per heavy atom. The highest BCUT2D eigenvalue weighted by molar-refractivity contribution is 7.47. The summed E-state index contributed by atoms with van der Waals surface area (Å²) >= 11 is 0. The number of hydrogen-bond donors (Lipinski definition) is 4. The van der Waals surface area contributed by atoms with Gasteiger partial charge in [0, 0.05) is 18.6 Å². The first-order chi connectivity index (χ1) is 14.3. The largest absolute Gasteiger partial charge is 0.527 e. The van der Waals surface area contributed by atoms with Crippen LogP contribution in [0.2, 0.25) is 0 Å². The fourth-order valence-corrected chi connectivity index (χ4v) is 4.52. The van der Waals surface area contributed by atoms with Gasteiger partial charge in [0.1, 0.15) is 5.75 Å². The van der Waals surface area contributed by atoms with Gasteiger partial charge in [0.15, 0.2) is 11.2 Å². The van der Waals surface area contributed by atoms with E-state index in [9.17, 15) is 19.4 Å². The Bertz CT molecular complexity index is 1160. The fourth-order valence-electron chi connectivity index (χ4n) is 3.69. The minimum atomic E-state index is -4.31. The Morgan fingerprint density at radius 1 is 1.37 bits per heavy atom. The average Bonchev–Trinajstić information content (AvgIpc) is 3.06. The molecule has 0 saturated heterocycles. The quantitative estimate of drug-likeness (QED) is 0.401. The summed E-state index contributed by atoms with van der Waals surface area (Å²) in [6, 6.07) is 6.49. The Labute approximate surface area is 171 Å². The highest BCUT2D eigenvalue weighted by Crippen LogP contribution is 2.49. The SMILES string of the molecule is Cc1ccc(OP(=O)(O)OC[C@H]2C[C@@H](n3cnc4c(=O)[nH]c(N)nc43)[C@H]2CO)cc1. The number of aromatic nitrogens is 4. The van der Waals surface area contributed by atoms with Crippen LogP contribution in [0.1, 0.15) is 18.0 Å². The molecule has 160 valence electrons. The number of aromatic amines is 1. The number of hydrogen-bond acceptors (Lipinski definition) is 8. The zero-order valence-corrected chi connectivity index (χ0v) is 17.0. The van der Waals surface area contributed by atoms with E-state index in [-0.39, 0.29) is 48.3 Å². The van der Waals surface area contributed by atoms with Gasteiger partial charge in [-0.15, -0.1) is 0 Å². The molecule has 2 aromatic heterocycles. The Balaban J connectivity index is 1.42. The van der Waals surface area contributed by atoms with Crippen LogP contribution in [0.15, 0.2) is 35.4 Å². The number of H-pyrrole nitrogens is 1. The van der Waals surface area contributed by atoms with Crippen molar-refractivity contribution in [3.8, 4) is 5.75 Å². The van der Waals surface area contributed by atoms with Crippen LogP contribution in [0.5, 0.6) is 5.75 Å². The number of aliphatic hydroxyl groups excluding tert-OH is 1. The van der Waals surface area contributed by atoms with Crippen LogP contribution in [0.3, 0.4) is 0 Å². The third-order valence-electron chi connectivity index (χ3n) is 5.36. The standard InChI is InChI=1S/C18H22N5O6P/c1-10-2-4-12(5-3-10)29-30(26,27)28-8-11-6-14(13(11)7-24)23-9-20-15-16(23)21-18(19)22-17(15)25/h2-5,9,11,13-14,24H,6-8H2,1H3,(H,26,27)(H3,19,21,22,25)/t11-,13+,14-/m1/s1. The maximum atomic E-state index is 12.2. The van der Waals surface area contributed by atoms with E-state index in [0.717, 1.165) is 5.56 Å². The molecule has 5 N–H and O–H groups in total. The number of nitrogens with two attached hydrogens (primary N) is 1. The van der Waals surface area contributed by atoms with E-state index in [1.165, 1.54) is 6.33 Å². The maximum absolute atomic E-state index is 12.2. The summed E-state index contributed by atoms with van der Waals surface area (Å²) in [5, 5.41) is 9.83. The molecule has 0 spiro atoms. The van der Waals surface area contributed by atoms with E-state index in [1.54, 1.807) is 28.8 Å². The first-order valence-corrected chi connectivity index (χ1v) is 10.8. The van der Waals surface area contributed by atoms with E-state index in [2.05, 4.69) is 15.0 Å². The zero-order chi connectivity index (χ0) is 21.5. The van der Waals surface area contributed by atoms with Crippen LogP contribution >= 0.6 is 7.82 Å². The number of benzene rings is 1. The molecular formula is C18H22N5O6P. The van der Waals surface area contributed by atoms with Gasteiger partial charge in [-0.1, -0.05) is 17.7 Å². The summed E-state index contributed by atoms with van der Waals surface area (Å²) in [5.74, 6) is -0.248. The molecule has 1 aromatic carbocycles. The lowest BCUT2D eigenvalue weighted by atomic mass is 9.70. The number of phosphoric acid groups is 1. The van der Waals surface area contributed by atoms with Gasteiger partial charge in [0.05, 0.1) is 12.9 Å². The Kier molecular flexibility index (Phi) is 5.37. The Morgan fingerprint density at radius 2 is 2.10 bits per heavy atom. The monoisotopic (exact) mass is 435 g/mol. The molecule has 2 heterocycles. The van der Waals surface area contributed by atoms with E-state index < -0.39 is 13.4 Å². The number of aryl methyl sites for hydroxylation is 1. The van der Waals surface area contributed by atoms with E-state index >= 15 is 0 Å². The number of phosphoric ester groups is 1. The summed E-state index contributed by atoms with van der Waals surface area (Å²) in [5.41, 5.74) is 6.67. The molecule has 3 aromatic rings. The third kappa shape index (κ3) is 3.97.